The Morgan fingerprint density at radius 1 is 1.14 bits per heavy atom. The Labute approximate surface area is 123 Å². The van der Waals surface area contributed by atoms with Gasteiger partial charge in [0.05, 0.1) is 17.8 Å². The summed E-state index contributed by atoms with van der Waals surface area (Å²) < 4.78 is 30.2. The van der Waals surface area contributed by atoms with Crippen LogP contribution in [0.5, 0.6) is 5.75 Å². The summed E-state index contributed by atoms with van der Waals surface area (Å²) in [5.41, 5.74) is 1.86. The van der Waals surface area contributed by atoms with Crippen molar-refractivity contribution in [2.45, 2.75) is 17.6 Å². The van der Waals surface area contributed by atoms with Gasteiger partial charge in [0.25, 0.3) is 0 Å². The lowest BCUT2D eigenvalue weighted by molar-refractivity contribution is 0.103. The smallest absolute Gasteiger partial charge is 0.194 e. The molecule has 0 fully saturated rings. The summed E-state index contributed by atoms with van der Waals surface area (Å²) in [6.07, 6.45) is 0. The molecule has 0 amide bonds. The molecule has 5 heteroatoms. The molecule has 0 unspecified atom stereocenters. The van der Waals surface area contributed by atoms with Crippen LogP contribution in [0, 0.1) is 6.92 Å². The number of benzene rings is 2. The number of carbonyl (C=O) groups is 1. The average molecular weight is 302 g/mol. The predicted molar refractivity (Wildman–Crippen MR) is 78.5 cm³/mol. The summed E-state index contributed by atoms with van der Waals surface area (Å²) in [7, 11) is -2.04. The Bertz CT molecular complexity index is 851. The first-order valence-electron chi connectivity index (χ1n) is 6.48. The first-order chi connectivity index (χ1) is 9.94. The second-order valence-electron chi connectivity index (χ2n) is 5.06. The molecule has 1 aliphatic heterocycles. The van der Waals surface area contributed by atoms with Gasteiger partial charge < -0.3 is 4.74 Å². The van der Waals surface area contributed by atoms with Gasteiger partial charge in [-0.05, 0) is 42.3 Å². The number of sulfone groups is 1. The van der Waals surface area contributed by atoms with E-state index in [1.165, 1.54) is 13.2 Å². The topological polar surface area (TPSA) is 60.4 Å². The van der Waals surface area contributed by atoms with Crippen LogP contribution < -0.4 is 4.74 Å². The number of rotatable bonds is 1. The zero-order chi connectivity index (χ0) is 15.2. The molecular weight excluding hydrogens is 288 g/mol. The van der Waals surface area contributed by atoms with Gasteiger partial charge in [-0.25, -0.2) is 8.42 Å². The monoisotopic (exact) mass is 302 g/mol. The zero-order valence-electron chi connectivity index (χ0n) is 11.7. The second kappa shape index (κ2) is 4.70. The third-order valence-electron chi connectivity index (χ3n) is 3.70. The number of aryl methyl sites for hydroxylation is 1. The Kier molecular flexibility index (Phi) is 3.10. The highest BCUT2D eigenvalue weighted by molar-refractivity contribution is 7.90. The summed E-state index contributed by atoms with van der Waals surface area (Å²) in [5.74, 6) is 0.100. The molecule has 2 aromatic carbocycles. The van der Waals surface area contributed by atoms with Crippen LogP contribution in [0.3, 0.4) is 0 Å². The number of ether oxygens (including phenoxy) is 1. The Hall–Kier alpha value is -2.14. The fourth-order valence-electron chi connectivity index (χ4n) is 2.65. The fourth-order valence-corrected chi connectivity index (χ4v) is 4.30. The van der Waals surface area contributed by atoms with Crippen LogP contribution in [0.4, 0.5) is 0 Å². The average Bonchev–Trinajstić information content (AvgIpc) is 2.53. The van der Waals surface area contributed by atoms with Gasteiger partial charge in [-0.1, -0.05) is 12.1 Å². The maximum absolute atomic E-state index is 12.7. The Morgan fingerprint density at radius 3 is 2.62 bits per heavy atom. The van der Waals surface area contributed by atoms with Crippen molar-refractivity contribution < 1.29 is 17.9 Å². The number of hydrogen-bond acceptors (Lipinski definition) is 4. The van der Waals surface area contributed by atoms with E-state index >= 15 is 0 Å². The molecule has 4 nitrogen and oxygen atoms in total. The number of fused-ring (bicyclic) bond motifs is 2. The molecule has 21 heavy (non-hydrogen) atoms. The lowest BCUT2D eigenvalue weighted by atomic mass is 9.96. The minimum atomic E-state index is -3.55. The van der Waals surface area contributed by atoms with Gasteiger partial charge in [-0.15, -0.1) is 0 Å². The van der Waals surface area contributed by atoms with E-state index < -0.39 is 9.84 Å². The molecule has 0 bridgehead atoms. The molecule has 0 saturated carbocycles. The van der Waals surface area contributed by atoms with Crippen LogP contribution in [-0.4, -0.2) is 21.3 Å². The van der Waals surface area contributed by atoms with Crippen LogP contribution >= 0.6 is 0 Å². The van der Waals surface area contributed by atoms with E-state index in [1.54, 1.807) is 37.3 Å². The normalized spacial score (nSPS) is 15.8. The van der Waals surface area contributed by atoms with Crippen LogP contribution in [0.25, 0.3) is 0 Å². The van der Waals surface area contributed by atoms with E-state index in [9.17, 15) is 13.2 Å². The molecule has 3 rings (SSSR count). The molecular formula is C16H14O4S. The SMILES string of the molecule is COc1ccc2c(c1)CS(=O)(=O)c1cccc(C)c1C2=O. The number of ketones is 1. The lowest BCUT2D eigenvalue weighted by Gasteiger charge is -2.08. The van der Waals surface area contributed by atoms with Crippen molar-refractivity contribution in [1.82, 2.24) is 0 Å². The molecule has 0 N–H and O–H groups in total. The number of methoxy groups -OCH3 is 1. The molecule has 0 spiro atoms. The van der Waals surface area contributed by atoms with E-state index in [2.05, 4.69) is 0 Å². The lowest BCUT2D eigenvalue weighted by Crippen LogP contribution is -2.08. The van der Waals surface area contributed by atoms with Gasteiger partial charge in [0, 0.05) is 11.1 Å². The van der Waals surface area contributed by atoms with Gasteiger partial charge in [-0.2, -0.15) is 0 Å². The Morgan fingerprint density at radius 2 is 1.90 bits per heavy atom. The van der Waals surface area contributed by atoms with Crippen molar-refractivity contribution in [2.75, 3.05) is 7.11 Å². The van der Waals surface area contributed by atoms with Crippen molar-refractivity contribution in [3.05, 3.63) is 58.7 Å². The van der Waals surface area contributed by atoms with Gasteiger partial charge in [-0.3, -0.25) is 4.79 Å². The minimum Gasteiger partial charge on any atom is -0.497 e. The van der Waals surface area contributed by atoms with Crippen LogP contribution in [0.15, 0.2) is 41.3 Å². The van der Waals surface area contributed by atoms with Crippen molar-refractivity contribution >= 4 is 15.6 Å². The molecule has 0 saturated heterocycles. The summed E-state index contributed by atoms with van der Waals surface area (Å²) in [5, 5.41) is 0. The van der Waals surface area contributed by atoms with E-state index in [0.717, 1.165) is 0 Å². The standard InChI is InChI=1S/C16H14O4S/c1-10-4-3-5-14-15(10)16(17)13-7-6-12(20-2)8-11(13)9-21(14,18)19/h3-8H,9H2,1-2H3. The summed E-state index contributed by atoms with van der Waals surface area (Å²) >= 11 is 0. The molecule has 0 aliphatic carbocycles. The van der Waals surface area contributed by atoms with Gasteiger partial charge >= 0.3 is 0 Å². The maximum atomic E-state index is 12.7. The van der Waals surface area contributed by atoms with E-state index in [0.29, 0.717) is 22.4 Å². The minimum absolute atomic E-state index is 0.114. The summed E-state index contributed by atoms with van der Waals surface area (Å²) in [4.78, 5) is 12.8. The third-order valence-corrected chi connectivity index (χ3v) is 5.40. The van der Waals surface area contributed by atoms with Gasteiger partial charge in [0.1, 0.15) is 5.75 Å². The van der Waals surface area contributed by atoms with Gasteiger partial charge in [0.2, 0.25) is 0 Å². The largest absolute Gasteiger partial charge is 0.497 e. The second-order valence-corrected chi connectivity index (χ2v) is 7.02. The van der Waals surface area contributed by atoms with Crippen LogP contribution in [-0.2, 0) is 15.6 Å². The van der Waals surface area contributed by atoms with Crippen molar-refractivity contribution in [2.24, 2.45) is 0 Å². The fraction of sp³-hybridized carbons (Fsp3) is 0.188. The molecule has 0 radical (unpaired) electrons. The van der Waals surface area contributed by atoms with E-state index in [-0.39, 0.29) is 22.0 Å². The summed E-state index contributed by atoms with van der Waals surface area (Å²) in [6, 6.07) is 9.83. The molecule has 0 atom stereocenters. The van der Waals surface area contributed by atoms with E-state index in [4.69, 9.17) is 4.74 Å². The molecule has 1 aliphatic rings. The number of carbonyl (C=O) groups excluding carboxylic acids is 1. The Balaban J connectivity index is 2.35. The van der Waals surface area contributed by atoms with Crippen LogP contribution in [0.1, 0.15) is 27.0 Å². The highest BCUT2D eigenvalue weighted by Gasteiger charge is 2.31. The van der Waals surface area contributed by atoms with Crippen molar-refractivity contribution in [3.8, 4) is 5.75 Å². The summed E-state index contributed by atoms with van der Waals surface area (Å²) in [6.45, 7) is 1.75. The molecule has 2 aromatic rings. The predicted octanol–water partition coefficient (Wildman–Crippen LogP) is 2.52. The first-order valence-corrected chi connectivity index (χ1v) is 8.13. The highest BCUT2D eigenvalue weighted by Crippen LogP contribution is 2.32. The number of hydrogen-bond donors (Lipinski definition) is 0. The quantitative estimate of drug-likeness (QED) is 0.812. The molecule has 1 heterocycles. The van der Waals surface area contributed by atoms with Crippen LogP contribution in [0.2, 0.25) is 0 Å². The highest BCUT2D eigenvalue weighted by atomic mass is 32.2. The zero-order valence-corrected chi connectivity index (χ0v) is 12.5. The molecule has 0 aromatic heterocycles. The first kappa shape index (κ1) is 13.8. The van der Waals surface area contributed by atoms with Crippen molar-refractivity contribution in [1.29, 1.82) is 0 Å². The molecule has 108 valence electrons. The third kappa shape index (κ3) is 2.14. The van der Waals surface area contributed by atoms with Gasteiger partial charge in [0.15, 0.2) is 15.6 Å². The van der Waals surface area contributed by atoms with Crippen molar-refractivity contribution in [3.63, 3.8) is 0 Å². The van der Waals surface area contributed by atoms with E-state index in [1.807, 2.05) is 0 Å². The maximum Gasteiger partial charge on any atom is 0.194 e.